The first-order chi connectivity index (χ1) is 9.77. The van der Waals surface area contributed by atoms with E-state index in [1.54, 1.807) is 0 Å². The molecule has 0 spiro atoms. The molecule has 0 amide bonds. The van der Waals surface area contributed by atoms with Crippen molar-refractivity contribution in [2.45, 2.75) is 32.1 Å². The van der Waals surface area contributed by atoms with Crippen LogP contribution in [0.2, 0.25) is 0 Å². The van der Waals surface area contributed by atoms with E-state index < -0.39 is 0 Å². The van der Waals surface area contributed by atoms with Crippen LogP contribution in [0.3, 0.4) is 0 Å². The molecule has 0 radical (unpaired) electrons. The lowest BCUT2D eigenvalue weighted by Gasteiger charge is -2.16. The van der Waals surface area contributed by atoms with Gasteiger partial charge in [0.25, 0.3) is 0 Å². The summed E-state index contributed by atoms with van der Waals surface area (Å²) in [5.74, 6) is -0.135. The summed E-state index contributed by atoms with van der Waals surface area (Å²) in [6.07, 6.45) is 2.25. The number of carbonyl (C=O) groups excluding carboxylic acids is 1. The molecule has 4 nitrogen and oxygen atoms in total. The predicted octanol–water partition coefficient (Wildman–Crippen LogP) is 2.62. The maximum absolute atomic E-state index is 11.8. The highest BCUT2D eigenvalue weighted by Gasteiger charge is 2.16. The quantitative estimate of drug-likeness (QED) is 0.427. The van der Waals surface area contributed by atoms with Crippen LogP contribution in [0, 0.1) is 11.3 Å². The molecule has 0 aliphatic rings. The maximum atomic E-state index is 11.8. The standard InChI is InChI=1S/C16H22N2O2/c1-2-3-11-20-16(19)12-15(13-18-10-9-17)14-7-5-4-6-8-14/h4-8,15,18H,2-3,10-13H2,1H3/t15-/m0/s1. The number of nitrogens with one attached hydrogen (secondary N) is 1. The lowest BCUT2D eigenvalue weighted by molar-refractivity contribution is -0.144. The fraction of sp³-hybridized carbons (Fsp3) is 0.500. The van der Waals surface area contributed by atoms with Crippen molar-refractivity contribution in [3.05, 3.63) is 35.9 Å². The van der Waals surface area contributed by atoms with Crippen LogP contribution in [0.5, 0.6) is 0 Å². The van der Waals surface area contributed by atoms with Gasteiger partial charge in [-0.1, -0.05) is 43.7 Å². The van der Waals surface area contributed by atoms with Gasteiger partial charge in [-0.3, -0.25) is 4.79 Å². The Bertz CT molecular complexity index is 426. The van der Waals surface area contributed by atoms with Gasteiger partial charge < -0.3 is 10.1 Å². The van der Waals surface area contributed by atoms with Gasteiger partial charge in [-0.2, -0.15) is 5.26 Å². The minimum absolute atomic E-state index is 0.0404. The predicted molar refractivity (Wildman–Crippen MR) is 78.1 cm³/mol. The summed E-state index contributed by atoms with van der Waals surface area (Å²) >= 11 is 0. The number of nitriles is 1. The molecule has 20 heavy (non-hydrogen) atoms. The SMILES string of the molecule is CCCCOC(=O)C[C@@H](CNCC#N)c1ccccc1. The molecule has 1 atom stereocenters. The van der Waals surface area contributed by atoms with Gasteiger partial charge in [-0.05, 0) is 12.0 Å². The van der Waals surface area contributed by atoms with Crippen molar-refractivity contribution in [1.29, 1.82) is 5.26 Å². The molecular formula is C16H22N2O2. The number of rotatable bonds is 9. The van der Waals surface area contributed by atoms with E-state index in [1.165, 1.54) is 0 Å². The van der Waals surface area contributed by atoms with Crippen LogP contribution in [0.15, 0.2) is 30.3 Å². The molecule has 1 rings (SSSR count). The molecule has 4 heteroatoms. The second-order valence-corrected chi connectivity index (χ2v) is 4.67. The van der Waals surface area contributed by atoms with Crippen LogP contribution in [-0.2, 0) is 9.53 Å². The first-order valence-corrected chi connectivity index (χ1v) is 7.06. The molecule has 0 saturated heterocycles. The Balaban J connectivity index is 2.54. The lowest BCUT2D eigenvalue weighted by Crippen LogP contribution is -2.24. The van der Waals surface area contributed by atoms with Gasteiger partial charge in [0.05, 0.1) is 25.6 Å². The average Bonchev–Trinajstić information content (AvgIpc) is 2.47. The van der Waals surface area contributed by atoms with Crippen LogP contribution in [0.25, 0.3) is 0 Å². The molecule has 0 saturated carbocycles. The molecule has 0 bridgehead atoms. The summed E-state index contributed by atoms with van der Waals surface area (Å²) in [4.78, 5) is 11.8. The Morgan fingerprint density at radius 3 is 2.80 bits per heavy atom. The van der Waals surface area contributed by atoms with E-state index in [0.29, 0.717) is 19.6 Å². The number of unbranched alkanes of at least 4 members (excludes halogenated alkanes) is 1. The monoisotopic (exact) mass is 274 g/mol. The zero-order valence-electron chi connectivity index (χ0n) is 12.0. The molecule has 0 unspecified atom stereocenters. The normalized spacial score (nSPS) is 11.6. The molecule has 0 aliphatic carbocycles. The molecule has 108 valence electrons. The average molecular weight is 274 g/mol. The second-order valence-electron chi connectivity index (χ2n) is 4.67. The van der Waals surface area contributed by atoms with Crippen LogP contribution < -0.4 is 5.32 Å². The van der Waals surface area contributed by atoms with Crippen molar-refractivity contribution in [1.82, 2.24) is 5.32 Å². The first-order valence-electron chi connectivity index (χ1n) is 7.06. The summed E-state index contributed by atoms with van der Waals surface area (Å²) in [5, 5.41) is 11.6. The molecule has 1 aromatic rings. The van der Waals surface area contributed by atoms with Crippen LogP contribution in [-0.4, -0.2) is 25.7 Å². The zero-order chi connectivity index (χ0) is 14.6. The number of nitrogens with zero attached hydrogens (tertiary/aromatic N) is 1. The highest BCUT2D eigenvalue weighted by atomic mass is 16.5. The second kappa shape index (κ2) is 9.99. The molecule has 0 aliphatic heterocycles. The number of ether oxygens (including phenoxy) is 1. The van der Waals surface area contributed by atoms with E-state index in [1.807, 2.05) is 36.4 Å². The van der Waals surface area contributed by atoms with E-state index >= 15 is 0 Å². The number of hydrogen-bond acceptors (Lipinski definition) is 4. The third kappa shape index (κ3) is 6.35. The summed E-state index contributed by atoms with van der Waals surface area (Å²) < 4.78 is 5.21. The summed E-state index contributed by atoms with van der Waals surface area (Å²) in [6, 6.07) is 11.9. The Labute approximate surface area is 120 Å². The van der Waals surface area contributed by atoms with Gasteiger partial charge in [0.2, 0.25) is 0 Å². The minimum Gasteiger partial charge on any atom is -0.466 e. The van der Waals surface area contributed by atoms with Gasteiger partial charge in [-0.15, -0.1) is 0 Å². The van der Waals surface area contributed by atoms with Crippen molar-refractivity contribution in [3.8, 4) is 6.07 Å². The van der Waals surface area contributed by atoms with Crippen molar-refractivity contribution in [3.63, 3.8) is 0 Å². The van der Waals surface area contributed by atoms with Gasteiger partial charge in [0.1, 0.15) is 0 Å². The van der Waals surface area contributed by atoms with E-state index in [-0.39, 0.29) is 18.4 Å². The third-order valence-corrected chi connectivity index (χ3v) is 3.04. The third-order valence-electron chi connectivity index (χ3n) is 3.04. The van der Waals surface area contributed by atoms with Crippen molar-refractivity contribution >= 4 is 5.97 Å². The minimum atomic E-state index is -0.175. The van der Waals surface area contributed by atoms with Crippen LogP contribution in [0.1, 0.15) is 37.7 Å². The Kier molecular flexibility index (Phi) is 8.09. The Morgan fingerprint density at radius 1 is 1.40 bits per heavy atom. The van der Waals surface area contributed by atoms with Gasteiger partial charge in [-0.25, -0.2) is 0 Å². The topological polar surface area (TPSA) is 62.1 Å². The van der Waals surface area contributed by atoms with E-state index in [4.69, 9.17) is 10.00 Å². The first kappa shape index (κ1) is 16.2. The maximum Gasteiger partial charge on any atom is 0.306 e. The fourth-order valence-electron chi connectivity index (χ4n) is 1.93. The molecular weight excluding hydrogens is 252 g/mol. The van der Waals surface area contributed by atoms with Crippen molar-refractivity contribution in [2.24, 2.45) is 0 Å². The largest absolute Gasteiger partial charge is 0.466 e. The van der Waals surface area contributed by atoms with E-state index in [0.717, 1.165) is 18.4 Å². The number of carbonyl (C=O) groups is 1. The van der Waals surface area contributed by atoms with E-state index in [9.17, 15) is 4.79 Å². The summed E-state index contributed by atoms with van der Waals surface area (Å²) in [5.41, 5.74) is 1.09. The van der Waals surface area contributed by atoms with E-state index in [2.05, 4.69) is 12.2 Å². The molecule has 1 aromatic carbocycles. The Hall–Kier alpha value is -1.86. The van der Waals surface area contributed by atoms with Crippen molar-refractivity contribution in [2.75, 3.05) is 19.7 Å². The summed E-state index contributed by atoms with van der Waals surface area (Å²) in [7, 11) is 0. The van der Waals surface area contributed by atoms with Gasteiger partial charge >= 0.3 is 5.97 Å². The molecule has 0 heterocycles. The van der Waals surface area contributed by atoms with Crippen molar-refractivity contribution < 1.29 is 9.53 Å². The number of hydrogen-bond donors (Lipinski definition) is 1. The fourth-order valence-corrected chi connectivity index (χ4v) is 1.93. The van der Waals surface area contributed by atoms with Crippen LogP contribution >= 0.6 is 0 Å². The lowest BCUT2D eigenvalue weighted by atomic mass is 9.95. The molecule has 1 N–H and O–H groups in total. The highest BCUT2D eigenvalue weighted by molar-refractivity contribution is 5.70. The summed E-state index contributed by atoms with van der Waals surface area (Å²) in [6.45, 7) is 3.43. The zero-order valence-corrected chi connectivity index (χ0v) is 12.0. The molecule has 0 fully saturated rings. The number of esters is 1. The highest BCUT2D eigenvalue weighted by Crippen LogP contribution is 2.19. The number of benzene rings is 1. The smallest absolute Gasteiger partial charge is 0.306 e. The molecule has 0 aromatic heterocycles. The van der Waals surface area contributed by atoms with Gasteiger partial charge in [0, 0.05) is 12.5 Å². The Morgan fingerprint density at radius 2 is 2.15 bits per heavy atom. The van der Waals surface area contributed by atoms with Gasteiger partial charge in [0.15, 0.2) is 0 Å². The van der Waals surface area contributed by atoms with Crippen LogP contribution in [0.4, 0.5) is 0 Å².